The standard InChI is InChI=1S/C37H39N7O6/c1-19(2)31(42-36(46)49-3)35(45)43-12-4-6-28(43)33-38-17-27(40-33)21-8-10-23-22(14-21)18-50-30-16-24-20(15-25(23)30)9-11-26-32(24)41-34(39-26)29-7-5-13-44(29)37(47)48/h8-11,14-17,19,28-29,31H,4-7,12-13,18H2,1-3H3,(H,38,40)(H,39,41)(H,42,46)(H,47,48)/t28?,29?,31-/m0/s1. The summed E-state index contributed by atoms with van der Waals surface area (Å²) in [4.78, 5) is 57.0. The van der Waals surface area contributed by atoms with E-state index in [2.05, 4.69) is 45.6 Å². The monoisotopic (exact) mass is 677 g/mol. The SMILES string of the molecule is COC(=O)N[C@H](C(=O)N1CCCC1c1ncc(-c2ccc3c(c2)COc2cc4c(ccc5nc(C6CCCN6C(=O)O)[nH]c54)cc2-3)[nH]1)C(C)C. The van der Waals surface area contributed by atoms with Gasteiger partial charge in [0.1, 0.15) is 30.0 Å². The van der Waals surface area contributed by atoms with Crippen molar-refractivity contribution in [3.8, 4) is 28.1 Å². The second-order valence-electron chi connectivity index (χ2n) is 13.7. The van der Waals surface area contributed by atoms with E-state index in [-0.39, 0.29) is 23.9 Å². The molecule has 13 nitrogen and oxygen atoms in total. The van der Waals surface area contributed by atoms with Crippen molar-refractivity contribution in [3.63, 3.8) is 0 Å². The highest BCUT2D eigenvalue weighted by Crippen LogP contribution is 2.43. The molecule has 3 aliphatic rings. The molecule has 8 rings (SSSR count). The summed E-state index contributed by atoms with van der Waals surface area (Å²) in [7, 11) is 1.29. The molecule has 0 radical (unpaired) electrons. The number of fused-ring (bicyclic) bond motifs is 6. The Labute approximate surface area is 288 Å². The molecule has 5 aromatic rings. The van der Waals surface area contributed by atoms with E-state index in [0.29, 0.717) is 31.3 Å². The van der Waals surface area contributed by atoms with Crippen molar-refractivity contribution < 1.29 is 29.0 Å². The maximum absolute atomic E-state index is 13.6. The van der Waals surface area contributed by atoms with Crippen LogP contribution in [-0.2, 0) is 16.1 Å². The van der Waals surface area contributed by atoms with E-state index >= 15 is 0 Å². The number of aromatic nitrogens is 4. The van der Waals surface area contributed by atoms with Gasteiger partial charge in [-0.25, -0.2) is 19.6 Å². The van der Waals surface area contributed by atoms with E-state index in [1.165, 1.54) is 12.0 Å². The van der Waals surface area contributed by atoms with Gasteiger partial charge < -0.3 is 34.8 Å². The Bertz CT molecular complexity index is 2150. The third kappa shape index (κ3) is 5.37. The number of benzene rings is 3. The van der Waals surface area contributed by atoms with Crippen LogP contribution < -0.4 is 10.1 Å². The number of rotatable bonds is 6. The molecule has 2 aromatic heterocycles. The van der Waals surface area contributed by atoms with Crippen molar-refractivity contribution in [1.82, 2.24) is 35.1 Å². The number of hydrogen-bond donors (Lipinski definition) is 4. The number of hydrogen-bond acceptors (Lipinski definition) is 7. The summed E-state index contributed by atoms with van der Waals surface area (Å²) in [6.45, 7) is 5.30. The molecule has 3 aromatic carbocycles. The molecule has 50 heavy (non-hydrogen) atoms. The second-order valence-corrected chi connectivity index (χ2v) is 13.7. The van der Waals surface area contributed by atoms with E-state index in [4.69, 9.17) is 19.4 Å². The summed E-state index contributed by atoms with van der Waals surface area (Å²) in [5.41, 5.74) is 6.63. The zero-order valence-corrected chi connectivity index (χ0v) is 28.2. The van der Waals surface area contributed by atoms with Crippen LogP contribution in [0.5, 0.6) is 5.75 Å². The Morgan fingerprint density at radius 3 is 2.52 bits per heavy atom. The lowest BCUT2D eigenvalue weighted by Crippen LogP contribution is -2.51. The third-order valence-electron chi connectivity index (χ3n) is 10.3. The molecule has 0 saturated carbocycles. The van der Waals surface area contributed by atoms with E-state index in [1.807, 2.05) is 30.9 Å². The maximum atomic E-state index is 13.6. The van der Waals surface area contributed by atoms with Crippen molar-refractivity contribution >= 4 is 39.9 Å². The molecule has 3 atom stereocenters. The third-order valence-corrected chi connectivity index (χ3v) is 10.3. The molecule has 2 unspecified atom stereocenters. The summed E-state index contributed by atoms with van der Waals surface area (Å²) in [5, 5.41) is 14.4. The first-order chi connectivity index (χ1) is 24.2. The molecule has 5 heterocycles. The first-order valence-electron chi connectivity index (χ1n) is 17.1. The number of aromatic amines is 2. The van der Waals surface area contributed by atoms with Gasteiger partial charge in [0.05, 0.1) is 42.1 Å². The molecule has 258 valence electrons. The van der Waals surface area contributed by atoms with E-state index in [1.54, 1.807) is 6.20 Å². The number of nitrogens with one attached hydrogen (secondary N) is 3. The Morgan fingerprint density at radius 2 is 1.76 bits per heavy atom. The van der Waals surface area contributed by atoms with Gasteiger partial charge in [-0.1, -0.05) is 32.0 Å². The molecular weight excluding hydrogens is 638 g/mol. The van der Waals surface area contributed by atoms with E-state index < -0.39 is 18.2 Å². The first-order valence-corrected chi connectivity index (χ1v) is 17.1. The number of H-pyrrole nitrogens is 2. The van der Waals surface area contributed by atoms with Crippen LogP contribution in [0.1, 0.15) is 68.8 Å². The van der Waals surface area contributed by atoms with Crippen LogP contribution in [0.15, 0.2) is 48.7 Å². The van der Waals surface area contributed by atoms with E-state index in [0.717, 1.165) is 81.2 Å². The largest absolute Gasteiger partial charge is 0.488 e. The predicted octanol–water partition coefficient (Wildman–Crippen LogP) is 6.52. The normalized spacial score (nSPS) is 19.0. The number of imidazole rings is 2. The highest BCUT2D eigenvalue weighted by Gasteiger charge is 2.38. The molecule has 0 aliphatic carbocycles. The van der Waals surface area contributed by atoms with Crippen LogP contribution in [-0.4, -0.2) is 79.2 Å². The van der Waals surface area contributed by atoms with Crippen molar-refractivity contribution in [2.24, 2.45) is 5.92 Å². The summed E-state index contributed by atoms with van der Waals surface area (Å²) in [6.07, 6.45) is 3.44. The Kier molecular flexibility index (Phi) is 7.84. The molecule has 2 fully saturated rings. The molecule has 0 bridgehead atoms. The van der Waals surface area contributed by atoms with Gasteiger partial charge in [-0.05, 0) is 77.9 Å². The van der Waals surface area contributed by atoms with Gasteiger partial charge >= 0.3 is 12.2 Å². The average Bonchev–Trinajstić information content (AvgIpc) is 3.94. The predicted molar refractivity (Wildman–Crippen MR) is 186 cm³/mol. The quantitative estimate of drug-likeness (QED) is 0.158. The topological polar surface area (TPSA) is 166 Å². The molecule has 3 amide bonds. The fourth-order valence-corrected chi connectivity index (χ4v) is 7.76. The van der Waals surface area contributed by atoms with Crippen molar-refractivity contribution in [1.29, 1.82) is 0 Å². The fraction of sp³-hybridized carbons (Fsp3) is 0.378. The van der Waals surface area contributed by atoms with Crippen LogP contribution in [0.3, 0.4) is 0 Å². The van der Waals surface area contributed by atoms with Crippen LogP contribution in [0.25, 0.3) is 44.2 Å². The Morgan fingerprint density at radius 1 is 0.980 bits per heavy atom. The van der Waals surface area contributed by atoms with Gasteiger partial charge in [-0.3, -0.25) is 9.69 Å². The first kappa shape index (κ1) is 31.7. The smallest absolute Gasteiger partial charge is 0.407 e. The molecule has 13 heteroatoms. The minimum Gasteiger partial charge on any atom is -0.488 e. The highest BCUT2D eigenvalue weighted by molar-refractivity contribution is 6.07. The summed E-state index contributed by atoms with van der Waals surface area (Å²) < 4.78 is 11.1. The number of alkyl carbamates (subject to hydrolysis) is 1. The average molecular weight is 678 g/mol. The molecular formula is C37H39N7O6. The molecule has 3 aliphatic heterocycles. The lowest BCUT2D eigenvalue weighted by atomic mass is 9.92. The lowest BCUT2D eigenvalue weighted by molar-refractivity contribution is -0.135. The lowest BCUT2D eigenvalue weighted by Gasteiger charge is -2.30. The highest BCUT2D eigenvalue weighted by atomic mass is 16.5. The molecule has 4 N–H and O–H groups in total. The number of ether oxygens (including phenoxy) is 2. The number of nitrogens with zero attached hydrogens (tertiary/aromatic N) is 4. The maximum Gasteiger partial charge on any atom is 0.407 e. The van der Waals surface area contributed by atoms with Crippen LogP contribution in [0.2, 0.25) is 0 Å². The van der Waals surface area contributed by atoms with Crippen molar-refractivity contribution in [3.05, 3.63) is 65.9 Å². The van der Waals surface area contributed by atoms with Gasteiger partial charge in [-0.15, -0.1) is 0 Å². The van der Waals surface area contributed by atoms with Crippen molar-refractivity contribution in [2.75, 3.05) is 20.2 Å². The zero-order chi connectivity index (χ0) is 34.7. The number of amides is 3. The minimum atomic E-state index is -0.923. The van der Waals surface area contributed by atoms with Gasteiger partial charge in [0, 0.05) is 24.0 Å². The number of methoxy groups -OCH3 is 1. The van der Waals surface area contributed by atoms with Crippen LogP contribution in [0.4, 0.5) is 9.59 Å². The van der Waals surface area contributed by atoms with E-state index in [9.17, 15) is 19.5 Å². The molecule has 2 saturated heterocycles. The van der Waals surface area contributed by atoms with Gasteiger partial charge in [0.25, 0.3) is 0 Å². The van der Waals surface area contributed by atoms with Crippen LogP contribution in [0, 0.1) is 5.92 Å². The second kappa shape index (κ2) is 12.4. The van der Waals surface area contributed by atoms with Crippen molar-refractivity contribution in [2.45, 2.75) is 64.3 Å². The van der Waals surface area contributed by atoms with Crippen LogP contribution >= 0.6 is 0 Å². The number of carboxylic acid groups (broad SMARTS) is 1. The van der Waals surface area contributed by atoms with Gasteiger partial charge in [0.15, 0.2) is 0 Å². The molecule has 0 spiro atoms. The summed E-state index contributed by atoms with van der Waals surface area (Å²) in [5.74, 6) is 1.92. The van der Waals surface area contributed by atoms with Gasteiger partial charge in [-0.2, -0.15) is 0 Å². The Hall–Kier alpha value is -5.59. The zero-order valence-electron chi connectivity index (χ0n) is 28.2. The fourth-order valence-electron chi connectivity index (χ4n) is 7.76. The summed E-state index contributed by atoms with van der Waals surface area (Å²) >= 11 is 0. The Balaban J connectivity index is 1.05. The minimum absolute atomic E-state index is 0.108. The number of carbonyl (C=O) groups excluding carboxylic acids is 2. The summed E-state index contributed by atoms with van der Waals surface area (Å²) in [6, 6.07) is 13.3. The number of carbonyl (C=O) groups is 3. The number of likely N-dealkylation sites (tertiary alicyclic amines) is 2. The van der Waals surface area contributed by atoms with Gasteiger partial charge in [0.2, 0.25) is 5.91 Å².